The Morgan fingerprint density at radius 1 is 1.32 bits per heavy atom. The molecule has 1 aromatic rings. The van der Waals surface area contributed by atoms with Gasteiger partial charge in [0.05, 0.1) is 18.4 Å². The fraction of sp³-hybridized carbons (Fsp3) is 0.450. The molecule has 1 aliphatic rings. The Hall–Kier alpha value is -3.03. The molecule has 0 fully saturated rings. The molecule has 0 atom stereocenters. The van der Waals surface area contributed by atoms with Crippen molar-refractivity contribution >= 4 is 23.7 Å². The molecule has 1 aromatic carbocycles. The molecular formula is C20H26N2O6. The van der Waals surface area contributed by atoms with Gasteiger partial charge in [-0.1, -0.05) is 11.6 Å². The molecule has 0 unspecified atom stereocenters. The van der Waals surface area contributed by atoms with Crippen LogP contribution >= 0.6 is 0 Å². The largest absolute Gasteiger partial charge is 0.496 e. The lowest BCUT2D eigenvalue weighted by Crippen LogP contribution is -2.29. The number of carboxylic acids is 1. The van der Waals surface area contributed by atoms with E-state index in [-0.39, 0.29) is 13.0 Å². The van der Waals surface area contributed by atoms with Gasteiger partial charge < -0.3 is 25.2 Å². The molecule has 8 nitrogen and oxygen atoms in total. The molecule has 0 aliphatic carbocycles. The number of carboxylic acid groups (broad SMARTS) is 1. The molecule has 152 valence electrons. The van der Waals surface area contributed by atoms with Crippen LogP contribution in [0.2, 0.25) is 0 Å². The Kier molecular flexibility index (Phi) is 7.03. The number of allylic oxidation sites excluding steroid dienone is 2. The van der Waals surface area contributed by atoms with Gasteiger partial charge in [-0.25, -0.2) is 9.59 Å². The molecule has 0 spiro atoms. The van der Waals surface area contributed by atoms with Crippen molar-refractivity contribution in [1.82, 2.24) is 5.32 Å². The van der Waals surface area contributed by atoms with Gasteiger partial charge in [0.15, 0.2) is 0 Å². The zero-order valence-electron chi connectivity index (χ0n) is 16.6. The summed E-state index contributed by atoms with van der Waals surface area (Å²) in [6.45, 7) is 6.06. The van der Waals surface area contributed by atoms with Crippen LogP contribution in [0.5, 0.6) is 5.75 Å². The van der Waals surface area contributed by atoms with Crippen molar-refractivity contribution in [3.8, 4) is 5.75 Å². The van der Waals surface area contributed by atoms with Gasteiger partial charge in [0.25, 0.3) is 0 Å². The number of benzene rings is 1. The number of urea groups is 1. The minimum atomic E-state index is -0.861. The van der Waals surface area contributed by atoms with Crippen molar-refractivity contribution in [2.24, 2.45) is 0 Å². The van der Waals surface area contributed by atoms with E-state index >= 15 is 0 Å². The molecule has 1 heterocycles. The Balaban J connectivity index is 2.51. The van der Waals surface area contributed by atoms with Crippen molar-refractivity contribution < 1.29 is 29.0 Å². The number of amides is 2. The Morgan fingerprint density at radius 3 is 2.64 bits per heavy atom. The van der Waals surface area contributed by atoms with Crippen LogP contribution in [0.4, 0.5) is 10.5 Å². The minimum Gasteiger partial charge on any atom is -0.496 e. The van der Waals surface area contributed by atoms with Gasteiger partial charge in [-0.05, 0) is 39.2 Å². The third-order valence-electron chi connectivity index (χ3n) is 4.64. The number of hydrogen-bond donors (Lipinski definition) is 3. The number of cyclic esters (lactones) is 1. The summed E-state index contributed by atoms with van der Waals surface area (Å²) in [5.74, 6) is -0.772. The summed E-state index contributed by atoms with van der Waals surface area (Å²) in [5, 5.41) is 14.3. The van der Waals surface area contributed by atoms with Gasteiger partial charge in [0, 0.05) is 24.1 Å². The molecule has 28 heavy (non-hydrogen) atoms. The summed E-state index contributed by atoms with van der Waals surface area (Å²) in [6.07, 6.45) is 2.72. The second-order valence-corrected chi connectivity index (χ2v) is 6.57. The highest BCUT2D eigenvalue weighted by Gasteiger charge is 2.32. The maximum absolute atomic E-state index is 12.3. The van der Waals surface area contributed by atoms with Crippen LogP contribution in [0.1, 0.15) is 53.7 Å². The molecule has 0 saturated carbocycles. The van der Waals surface area contributed by atoms with Gasteiger partial charge in [-0.2, -0.15) is 0 Å². The molecule has 3 N–H and O–H groups in total. The van der Waals surface area contributed by atoms with E-state index in [1.165, 1.54) is 7.11 Å². The first kappa shape index (κ1) is 21.3. The maximum atomic E-state index is 12.3. The van der Waals surface area contributed by atoms with Gasteiger partial charge in [-0.3, -0.25) is 4.79 Å². The maximum Gasteiger partial charge on any atom is 0.341 e. The minimum absolute atomic E-state index is 0.0407. The number of ether oxygens (including phenoxy) is 2. The van der Waals surface area contributed by atoms with Crippen LogP contribution < -0.4 is 15.4 Å². The number of esters is 1. The van der Waals surface area contributed by atoms with E-state index in [9.17, 15) is 14.4 Å². The fourth-order valence-electron chi connectivity index (χ4n) is 3.19. The van der Waals surface area contributed by atoms with Gasteiger partial charge in [0.2, 0.25) is 0 Å². The first-order valence-electron chi connectivity index (χ1n) is 9.11. The lowest BCUT2D eigenvalue weighted by Gasteiger charge is -2.20. The number of methoxy groups -OCH3 is 1. The highest BCUT2D eigenvalue weighted by molar-refractivity contribution is 6.05. The number of nitrogens with one attached hydrogen (secondary N) is 2. The molecule has 8 heteroatoms. The van der Waals surface area contributed by atoms with Crippen molar-refractivity contribution in [3.63, 3.8) is 0 Å². The SMILES string of the molecule is CCNC(=O)Nc1c(CC=C(C)CCC(=O)O)c(OC)c(C)c2c1C(=O)OC2. The van der Waals surface area contributed by atoms with Crippen LogP contribution in [0.3, 0.4) is 0 Å². The van der Waals surface area contributed by atoms with Gasteiger partial charge in [0.1, 0.15) is 12.4 Å². The first-order chi connectivity index (χ1) is 13.3. The van der Waals surface area contributed by atoms with E-state index in [0.29, 0.717) is 47.5 Å². The molecular weight excluding hydrogens is 364 g/mol. The standard InChI is InChI=1S/C20H26N2O6/c1-5-21-20(26)22-17-13(8-6-11(2)7-9-15(23)24)18(27-4)12(3)14-10-28-19(25)16(14)17/h6H,5,7-10H2,1-4H3,(H,23,24)(H2,21,22,26). The summed E-state index contributed by atoms with van der Waals surface area (Å²) in [4.78, 5) is 35.3. The van der Waals surface area contributed by atoms with E-state index in [0.717, 1.165) is 11.1 Å². The van der Waals surface area contributed by atoms with E-state index in [1.807, 2.05) is 19.9 Å². The van der Waals surface area contributed by atoms with E-state index in [1.54, 1.807) is 6.92 Å². The summed E-state index contributed by atoms with van der Waals surface area (Å²) < 4.78 is 10.8. The van der Waals surface area contributed by atoms with Gasteiger partial charge in [-0.15, -0.1) is 0 Å². The third kappa shape index (κ3) is 4.62. The highest BCUT2D eigenvalue weighted by Crippen LogP contribution is 2.41. The van der Waals surface area contributed by atoms with Crippen LogP contribution in [0.15, 0.2) is 11.6 Å². The lowest BCUT2D eigenvalue weighted by molar-refractivity contribution is -0.136. The van der Waals surface area contributed by atoms with E-state index < -0.39 is 18.0 Å². The Bertz CT molecular complexity index is 829. The zero-order chi connectivity index (χ0) is 20.8. The van der Waals surface area contributed by atoms with Crippen molar-refractivity contribution in [2.75, 3.05) is 19.0 Å². The average Bonchev–Trinajstić information content (AvgIpc) is 3.03. The Morgan fingerprint density at radius 2 is 2.04 bits per heavy atom. The average molecular weight is 390 g/mol. The van der Waals surface area contributed by atoms with Gasteiger partial charge >= 0.3 is 18.0 Å². The van der Waals surface area contributed by atoms with Crippen molar-refractivity contribution in [2.45, 2.75) is 46.6 Å². The first-order valence-corrected chi connectivity index (χ1v) is 9.11. The predicted molar refractivity (Wildman–Crippen MR) is 104 cm³/mol. The summed E-state index contributed by atoms with van der Waals surface area (Å²) in [6, 6.07) is -0.428. The number of hydrogen-bond acceptors (Lipinski definition) is 5. The predicted octanol–water partition coefficient (Wildman–Crippen LogP) is 3.17. The van der Waals surface area contributed by atoms with Crippen LogP contribution in [0.25, 0.3) is 0 Å². The third-order valence-corrected chi connectivity index (χ3v) is 4.64. The quantitative estimate of drug-likeness (QED) is 0.464. The number of carbonyl (C=O) groups excluding carboxylic acids is 2. The zero-order valence-corrected chi connectivity index (χ0v) is 16.6. The summed E-state index contributed by atoms with van der Waals surface area (Å²) >= 11 is 0. The lowest BCUT2D eigenvalue weighted by atomic mass is 9.93. The van der Waals surface area contributed by atoms with Crippen LogP contribution in [0, 0.1) is 6.92 Å². The number of rotatable bonds is 8. The molecule has 0 aromatic heterocycles. The second-order valence-electron chi connectivity index (χ2n) is 6.57. The molecule has 0 bridgehead atoms. The Labute approximate surface area is 163 Å². The monoisotopic (exact) mass is 390 g/mol. The van der Waals surface area contributed by atoms with E-state index in [4.69, 9.17) is 14.6 Å². The van der Waals surface area contributed by atoms with E-state index in [2.05, 4.69) is 10.6 Å². The number of anilines is 1. The fourth-order valence-corrected chi connectivity index (χ4v) is 3.19. The summed E-state index contributed by atoms with van der Waals surface area (Å²) in [7, 11) is 1.53. The molecule has 0 saturated heterocycles. The molecule has 1 aliphatic heterocycles. The number of carbonyl (C=O) groups is 3. The number of aliphatic carboxylic acids is 1. The highest BCUT2D eigenvalue weighted by atomic mass is 16.5. The molecule has 0 radical (unpaired) electrons. The smallest absolute Gasteiger partial charge is 0.341 e. The summed E-state index contributed by atoms with van der Waals surface area (Å²) in [5.41, 5.74) is 3.75. The van der Waals surface area contributed by atoms with Crippen molar-refractivity contribution in [1.29, 1.82) is 0 Å². The second kappa shape index (κ2) is 9.25. The van der Waals surface area contributed by atoms with Crippen molar-refractivity contribution in [3.05, 3.63) is 33.9 Å². The molecule has 2 rings (SSSR count). The topological polar surface area (TPSA) is 114 Å². The number of fused-ring (bicyclic) bond motifs is 1. The van der Waals surface area contributed by atoms with Crippen LogP contribution in [-0.2, 0) is 22.6 Å². The molecule has 2 amide bonds. The normalized spacial score (nSPS) is 13.0. The van der Waals surface area contributed by atoms with Crippen LogP contribution in [-0.4, -0.2) is 36.7 Å².